The van der Waals surface area contributed by atoms with Crippen LogP contribution in [0.5, 0.6) is 0 Å². The van der Waals surface area contributed by atoms with Crippen LogP contribution in [0.15, 0.2) is 36.7 Å². The lowest BCUT2D eigenvalue weighted by atomic mass is 10.1. The van der Waals surface area contributed by atoms with E-state index < -0.39 is 6.43 Å². The van der Waals surface area contributed by atoms with E-state index >= 15 is 0 Å². The maximum atomic E-state index is 13.3. The van der Waals surface area contributed by atoms with Gasteiger partial charge in [0.15, 0.2) is 0 Å². The molecule has 1 saturated heterocycles. The molecular formula is C19H22F2N4O. The van der Waals surface area contributed by atoms with Crippen LogP contribution in [-0.2, 0) is 4.79 Å². The molecule has 1 aliphatic heterocycles. The molecule has 1 aromatic heterocycles. The summed E-state index contributed by atoms with van der Waals surface area (Å²) in [6.45, 7) is 5.08. The van der Waals surface area contributed by atoms with Gasteiger partial charge in [0.2, 0.25) is 5.91 Å². The van der Waals surface area contributed by atoms with Crippen molar-refractivity contribution >= 4 is 11.7 Å². The van der Waals surface area contributed by atoms with Crippen LogP contribution in [-0.4, -0.2) is 35.0 Å². The predicted octanol–water partition coefficient (Wildman–Crippen LogP) is 3.43. The van der Waals surface area contributed by atoms with Crippen molar-refractivity contribution < 1.29 is 13.6 Å². The number of nitrogens with one attached hydrogen (secondary N) is 1. The van der Waals surface area contributed by atoms with Crippen LogP contribution < -0.4 is 10.2 Å². The molecule has 3 rings (SSSR count). The van der Waals surface area contributed by atoms with Gasteiger partial charge < -0.3 is 10.2 Å². The van der Waals surface area contributed by atoms with E-state index in [1.807, 2.05) is 18.7 Å². The molecule has 2 aromatic rings. The molecular weight excluding hydrogens is 338 g/mol. The maximum Gasteiger partial charge on any atom is 0.264 e. The first kappa shape index (κ1) is 18.2. The third kappa shape index (κ3) is 3.98. The van der Waals surface area contributed by atoms with Crippen LogP contribution in [0.1, 0.15) is 32.3 Å². The first-order valence-corrected chi connectivity index (χ1v) is 8.70. The lowest BCUT2D eigenvalue weighted by molar-refractivity contribution is -0.124. The van der Waals surface area contributed by atoms with Crippen LogP contribution in [0.2, 0.25) is 0 Å². The molecule has 1 aliphatic rings. The number of anilines is 1. The highest BCUT2D eigenvalue weighted by molar-refractivity contribution is 5.78. The number of hydrogen-bond donors (Lipinski definition) is 1. The second-order valence-electron chi connectivity index (χ2n) is 6.75. The summed E-state index contributed by atoms with van der Waals surface area (Å²) in [5.74, 6) is 0.605. The monoisotopic (exact) mass is 360 g/mol. The summed E-state index contributed by atoms with van der Waals surface area (Å²) in [6, 6.07) is 6.39. The minimum atomic E-state index is -2.57. The quantitative estimate of drug-likeness (QED) is 0.888. The van der Waals surface area contributed by atoms with Crippen molar-refractivity contribution in [3.63, 3.8) is 0 Å². The van der Waals surface area contributed by atoms with Gasteiger partial charge in [0.05, 0.1) is 18.1 Å². The summed E-state index contributed by atoms with van der Waals surface area (Å²) in [4.78, 5) is 22.6. The number of halogens is 2. The summed E-state index contributed by atoms with van der Waals surface area (Å²) >= 11 is 0. The molecule has 0 spiro atoms. The fourth-order valence-corrected chi connectivity index (χ4v) is 3.01. The number of carbonyl (C=O) groups is 1. The predicted molar refractivity (Wildman–Crippen MR) is 96.0 cm³/mol. The number of benzene rings is 1. The molecule has 1 atom stereocenters. The van der Waals surface area contributed by atoms with Gasteiger partial charge in [0, 0.05) is 36.2 Å². The molecule has 26 heavy (non-hydrogen) atoms. The van der Waals surface area contributed by atoms with E-state index in [2.05, 4.69) is 15.3 Å². The summed E-state index contributed by atoms with van der Waals surface area (Å²) in [6.07, 6.45) is 1.37. The largest absolute Gasteiger partial charge is 0.353 e. The smallest absolute Gasteiger partial charge is 0.264 e. The van der Waals surface area contributed by atoms with Crippen molar-refractivity contribution in [2.75, 3.05) is 18.0 Å². The zero-order valence-electron chi connectivity index (χ0n) is 14.8. The SMILES string of the molecule is CC(C)C(=O)NC1CCN(c2cncc(-c3ccccc3C(F)F)n2)C1. The summed E-state index contributed by atoms with van der Waals surface area (Å²) < 4.78 is 26.5. The Hall–Kier alpha value is -2.57. The van der Waals surface area contributed by atoms with Gasteiger partial charge in [-0.25, -0.2) is 13.8 Å². The molecule has 5 nitrogen and oxygen atoms in total. The van der Waals surface area contributed by atoms with Crippen molar-refractivity contribution in [1.82, 2.24) is 15.3 Å². The summed E-state index contributed by atoms with van der Waals surface area (Å²) in [5, 5.41) is 3.02. The van der Waals surface area contributed by atoms with E-state index in [9.17, 15) is 13.6 Å². The van der Waals surface area contributed by atoms with Crippen LogP contribution in [0.4, 0.5) is 14.6 Å². The zero-order chi connectivity index (χ0) is 18.7. The molecule has 1 aromatic carbocycles. The number of hydrogen-bond acceptors (Lipinski definition) is 4. The standard InChI is InChI=1S/C19H22F2N4O/c1-12(2)19(26)23-13-7-8-25(11-13)17-10-22-9-16(24-17)14-5-3-4-6-15(14)18(20)21/h3-6,9-10,12-13,18H,7-8,11H2,1-2H3,(H,23,26). The average Bonchev–Trinajstić information content (AvgIpc) is 3.10. The van der Waals surface area contributed by atoms with Gasteiger partial charge in [-0.3, -0.25) is 9.78 Å². The van der Waals surface area contributed by atoms with Gasteiger partial charge in [-0.15, -0.1) is 0 Å². The third-order valence-corrected chi connectivity index (χ3v) is 4.48. The van der Waals surface area contributed by atoms with E-state index in [-0.39, 0.29) is 23.4 Å². The minimum Gasteiger partial charge on any atom is -0.353 e. The van der Waals surface area contributed by atoms with E-state index in [0.29, 0.717) is 23.6 Å². The second-order valence-corrected chi connectivity index (χ2v) is 6.75. The maximum absolute atomic E-state index is 13.3. The first-order chi connectivity index (χ1) is 12.5. The van der Waals surface area contributed by atoms with Crippen LogP contribution in [0.25, 0.3) is 11.3 Å². The molecule has 7 heteroatoms. The van der Waals surface area contributed by atoms with Gasteiger partial charge in [-0.05, 0) is 6.42 Å². The molecule has 1 fully saturated rings. The van der Waals surface area contributed by atoms with E-state index in [0.717, 1.165) is 13.0 Å². The Morgan fingerprint density at radius 3 is 2.77 bits per heavy atom. The molecule has 1 N–H and O–H groups in total. The lowest BCUT2D eigenvalue weighted by Crippen LogP contribution is -2.39. The van der Waals surface area contributed by atoms with Crippen molar-refractivity contribution in [1.29, 1.82) is 0 Å². The van der Waals surface area contributed by atoms with Gasteiger partial charge in [0.25, 0.3) is 6.43 Å². The number of carbonyl (C=O) groups excluding carboxylic acids is 1. The number of alkyl halides is 2. The van der Waals surface area contributed by atoms with Crippen molar-refractivity contribution in [2.45, 2.75) is 32.7 Å². The highest BCUT2D eigenvalue weighted by atomic mass is 19.3. The average molecular weight is 360 g/mol. The normalized spacial score (nSPS) is 17.2. The number of rotatable bonds is 5. The van der Waals surface area contributed by atoms with Crippen LogP contribution in [0.3, 0.4) is 0 Å². The first-order valence-electron chi connectivity index (χ1n) is 8.70. The van der Waals surface area contributed by atoms with E-state index in [1.165, 1.54) is 12.3 Å². The molecule has 0 aliphatic carbocycles. The Balaban J connectivity index is 1.78. The van der Waals surface area contributed by atoms with E-state index in [4.69, 9.17) is 0 Å². The molecule has 138 valence electrons. The Morgan fingerprint density at radius 2 is 2.04 bits per heavy atom. The molecule has 0 radical (unpaired) electrons. The molecule has 0 bridgehead atoms. The topological polar surface area (TPSA) is 58.1 Å². The van der Waals surface area contributed by atoms with Gasteiger partial charge in [-0.1, -0.05) is 38.1 Å². The summed E-state index contributed by atoms with van der Waals surface area (Å²) in [7, 11) is 0. The number of nitrogens with zero attached hydrogens (tertiary/aromatic N) is 3. The fourth-order valence-electron chi connectivity index (χ4n) is 3.01. The molecule has 1 unspecified atom stereocenters. The highest BCUT2D eigenvalue weighted by Crippen LogP contribution is 2.30. The number of aromatic nitrogens is 2. The van der Waals surface area contributed by atoms with Gasteiger partial charge in [-0.2, -0.15) is 0 Å². The molecule has 0 saturated carbocycles. The third-order valence-electron chi connectivity index (χ3n) is 4.48. The summed E-state index contributed by atoms with van der Waals surface area (Å²) in [5.41, 5.74) is 0.760. The second kappa shape index (κ2) is 7.76. The highest BCUT2D eigenvalue weighted by Gasteiger charge is 2.26. The van der Waals surface area contributed by atoms with Crippen molar-refractivity contribution in [3.8, 4) is 11.3 Å². The molecule has 2 heterocycles. The molecule has 1 amide bonds. The van der Waals surface area contributed by atoms with E-state index in [1.54, 1.807) is 24.4 Å². The van der Waals surface area contributed by atoms with Crippen molar-refractivity contribution in [3.05, 3.63) is 42.2 Å². The van der Waals surface area contributed by atoms with Crippen LogP contribution >= 0.6 is 0 Å². The van der Waals surface area contributed by atoms with Gasteiger partial charge >= 0.3 is 0 Å². The zero-order valence-corrected chi connectivity index (χ0v) is 14.8. The number of amides is 1. The van der Waals surface area contributed by atoms with Gasteiger partial charge in [0.1, 0.15) is 5.82 Å². The Labute approximate surface area is 151 Å². The fraction of sp³-hybridized carbons (Fsp3) is 0.421. The Bertz CT molecular complexity index is 782. The Morgan fingerprint density at radius 1 is 1.27 bits per heavy atom. The minimum absolute atomic E-state index is 0.0301. The Kier molecular flexibility index (Phi) is 5.44. The van der Waals surface area contributed by atoms with Crippen molar-refractivity contribution in [2.24, 2.45) is 5.92 Å². The van der Waals surface area contributed by atoms with Crippen LogP contribution in [0, 0.1) is 5.92 Å². The lowest BCUT2D eigenvalue weighted by Gasteiger charge is -2.19.